The molecule has 0 atom stereocenters. The van der Waals surface area contributed by atoms with E-state index in [1.54, 1.807) is 27.7 Å². The van der Waals surface area contributed by atoms with Crippen LogP contribution in [0.5, 0.6) is 17.2 Å². The van der Waals surface area contributed by atoms with Crippen molar-refractivity contribution in [2.24, 2.45) is 4.99 Å². The maximum atomic E-state index is 5.40. The lowest BCUT2D eigenvalue weighted by Crippen LogP contribution is -2.08. The second-order valence-corrected chi connectivity index (χ2v) is 4.56. The van der Waals surface area contributed by atoms with Gasteiger partial charge in [-0.15, -0.1) is 0 Å². The Hall–Kier alpha value is -2.63. The SMILES string of the molecule is COc1cc(-n2ccc3c2NC=NC3)cc(OC)c1OC. The van der Waals surface area contributed by atoms with E-state index in [-0.39, 0.29) is 0 Å². The van der Waals surface area contributed by atoms with Crippen molar-refractivity contribution in [1.82, 2.24) is 4.57 Å². The number of hydrogen-bond acceptors (Lipinski definition) is 5. The quantitative estimate of drug-likeness (QED) is 0.938. The average Bonchev–Trinajstić information content (AvgIpc) is 2.97. The molecule has 1 aromatic carbocycles. The zero-order valence-corrected chi connectivity index (χ0v) is 12.2. The van der Waals surface area contributed by atoms with Crippen LogP contribution >= 0.6 is 0 Å². The van der Waals surface area contributed by atoms with Gasteiger partial charge in [-0.3, -0.25) is 4.99 Å². The lowest BCUT2D eigenvalue weighted by atomic mass is 10.2. The van der Waals surface area contributed by atoms with Crippen LogP contribution in [0, 0.1) is 0 Å². The van der Waals surface area contributed by atoms with E-state index in [1.807, 2.05) is 29.0 Å². The molecule has 110 valence electrons. The molecule has 0 amide bonds. The van der Waals surface area contributed by atoms with Crippen molar-refractivity contribution in [1.29, 1.82) is 0 Å². The molecule has 0 unspecified atom stereocenters. The average molecular weight is 287 g/mol. The first kappa shape index (κ1) is 13.4. The number of nitrogens with zero attached hydrogens (tertiary/aromatic N) is 2. The summed E-state index contributed by atoms with van der Waals surface area (Å²) >= 11 is 0. The topological polar surface area (TPSA) is 57.0 Å². The number of hydrogen-bond donors (Lipinski definition) is 1. The Bertz CT molecular complexity index is 666. The smallest absolute Gasteiger partial charge is 0.203 e. The molecule has 1 N–H and O–H groups in total. The molecule has 1 aromatic heterocycles. The molecule has 0 aliphatic carbocycles. The van der Waals surface area contributed by atoms with Gasteiger partial charge in [-0.2, -0.15) is 0 Å². The Morgan fingerprint density at radius 2 is 1.81 bits per heavy atom. The van der Waals surface area contributed by atoms with Crippen LogP contribution in [0.15, 0.2) is 29.4 Å². The third kappa shape index (κ3) is 2.18. The molecule has 3 rings (SSSR count). The highest BCUT2D eigenvalue weighted by atomic mass is 16.5. The van der Waals surface area contributed by atoms with Crippen LogP contribution in [0.1, 0.15) is 5.56 Å². The number of fused-ring (bicyclic) bond motifs is 1. The lowest BCUT2D eigenvalue weighted by Gasteiger charge is -2.17. The molecule has 0 saturated heterocycles. The van der Waals surface area contributed by atoms with Crippen molar-refractivity contribution in [3.05, 3.63) is 30.0 Å². The van der Waals surface area contributed by atoms with Crippen molar-refractivity contribution in [2.45, 2.75) is 6.54 Å². The fourth-order valence-corrected chi connectivity index (χ4v) is 2.43. The van der Waals surface area contributed by atoms with E-state index < -0.39 is 0 Å². The Balaban J connectivity index is 2.13. The van der Waals surface area contributed by atoms with Gasteiger partial charge in [0.2, 0.25) is 5.75 Å². The fourth-order valence-electron chi connectivity index (χ4n) is 2.43. The Morgan fingerprint density at radius 3 is 2.43 bits per heavy atom. The molecule has 0 spiro atoms. The number of benzene rings is 1. The summed E-state index contributed by atoms with van der Waals surface area (Å²) in [7, 11) is 4.81. The molecule has 0 bridgehead atoms. The molecule has 21 heavy (non-hydrogen) atoms. The summed E-state index contributed by atoms with van der Waals surface area (Å²) in [4.78, 5) is 4.20. The number of aliphatic imine (C=N–C) groups is 1. The summed E-state index contributed by atoms with van der Waals surface area (Å²) in [6.45, 7) is 0.680. The Kier molecular flexibility index (Phi) is 3.43. The molecule has 1 aliphatic heterocycles. The van der Waals surface area contributed by atoms with Crippen LogP contribution in [-0.2, 0) is 6.54 Å². The third-order valence-electron chi connectivity index (χ3n) is 3.45. The van der Waals surface area contributed by atoms with Gasteiger partial charge in [-0.1, -0.05) is 0 Å². The lowest BCUT2D eigenvalue weighted by molar-refractivity contribution is 0.324. The van der Waals surface area contributed by atoms with E-state index >= 15 is 0 Å². The maximum absolute atomic E-state index is 5.40. The van der Waals surface area contributed by atoms with Crippen molar-refractivity contribution >= 4 is 12.2 Å². The number of methoxy groups -OCH3 is 3. The number of aromatic nitrogens is 1. The first-order valence-electron chi connectivity index (χ1n) is 6.54. The maximum Gasteiger partial charge on any atom is 0.203 e. The van der Waals surface area contributed by atoms with Gasteiger partial charge in [0.15, 0.2) is 11.5 Å². The van der Waals surface area contributed by atoms with Crippen LogP contribution in [0.4, 0.5) is 5.82 Å². The molecule has 1 aliphatic rings. The van der Waals surface area contributed by atoms with Crippen LogP contribution in [0.3, 0.4) is 0 Å². The summed E-state index contributed by atoms with van der Waals surface area (Å²) in [6.07, 6.45) is 3.70. The minimum atomic E-state index is 0.583. The van der Waals surface area contributed by atoms with E-state index in [1.165, 1.54) is 0 Å². The third-order valence-corrected chi connectivity index (χ3v) is 3.45. The first-order chi connectivity index (χ1) is 10.3. The van der Waals surface area contributed by atoms with Crippen LogP contribution in [-0.4, -0.2) is 32.2 Å². The molecule has 0 radical (unpaired) electrons. The summed E-state index contributed by atoms with van der Waals surface area (Å²) in [5.41, 5.74) is 2.07. The molecule has 2 heterocycles. The zero-order chi connectivity index (χ0) is 14.8. The standard InChI is InChI=1S/C15H17N3O3/c1-19-12-6-11(7-13(20-2)14(12)21-3)18-5-4-10-8-16-9-17-15(10)18/h4-7,9H,8H2,1-3H3,(H,16,17). The number of rotatable bonds is 4. The van der Waals surface area contributed by atoms with Gasteiger partial charge < -0.3 is 24.1 Å². The van der Waals surface area contributed by atoms with Crippen molar-refractivity contribution in [3.8, 4) is 22.9 Å². The van der Waals surface area contributed by atoms with Gasteiger partial charge >= 0.3 is 0 Å². The van der Waals surface area contributed by atoms with Gasteiger partial charge in [0.25, 0.3) is 0 Å². The van der Waals surface area contributed by atoms with Crippen LogP contribution in [0.2, 0.25) is 0 Å². The largest absolute Gasteiger partial charge is 0.493 e. The highest BCUT2D eigenvalue weighted by Crippen LogP contribution is 2.40. The van der Waals surface area contributed by atoms with Crippen molar-refractivity contribution in [2.75, 3.05) is 26.6 Å². The van der Waals surface area contributed by atoms with Gasteiger partial charge in [-0.05, 0) is 6.07 Å². The molecule has 0 saturated carbocycles. The number of nitrogens with one attached hydrogen (secondary N) is 1. The monoisotopic (exact) mass is 287 g/mol. The molecule has 0 fully saturated rings. The normalized spacial score (nSPS) is 12.5. The van der Waals surface area contributed by atoms with Crippen LogP contribution < -0.4 is 19.5 Å². The number of anilines is 1. The van der Waals surface area contributed by atoms with Crippen molar-refractivity contribution < 1.29 is 14.2 Å². The highest BCUT2D eigenvalue weighted by Gasteiger charge is 2.17. The molecule has 6 heteroatoms. The van der Waals surface area contributed by atoms with E-state index in [2.05, 4.69) is 10.3 Å². The van der Waals surface area contributed by atoms with Gasteiger partial charge in [0.1, 0.15) is 5.82 Å². The van der Waals surface area contributed by atoms with E-state index in [4.69, 9.17) is 14.2 Å². The Labute approximate surface area is 123 Å². The predicted molar refractivity (Wildman–Crippen MR) is 81.2 cm³/mol. The van der Waals surface area contributed by atoms with E-state index in [0.717, 1.165) is 17.1 Å². The molecular weight excluding hydrogens is 270 g/mol. The Morgan fingerprint density at radius 1 is 1.10 bits per heavy atom. The van der Waals surface area contributed by atoms with E-state index in [0.29, 0.717) is 23.8 Å². The summed E-state index contributed by atoms with van der Waals surface area (Å²) < 4.78 is 18.2. The first-order valence-corrected chi connectivity index (χ1v) is 6.54. The molecule has 2 aromatic rings. The summed E-state index contributed by atoms with van der Waals surface area (Å²) in [5.74, 6) is 2.83. The van der Waals surface area contributed by atoms with Gasteiger partial charge in [-0.25, -0.2) is 0 Å². The fraction of sp³-hybridized carbons (Fsp3) is 0.267. The van der Waals surface area contributed by atoms with Crippen molar-refractivity contribution in [3.63, 3.8) is 0 Å². The molecular formula is C15H17N3O3. The second-order valence-electron chi connectivity index (χ2n) is 4.56. The second kappa shape index (κ2) is 5.40. The predicted octanol–water partition coefficient (Wildman–Crippen LogP) is 2.46. The molecule has 6 nitrogen and oxygen atoms in total. The zero-order valence-electron chi connectivity index (χ0n) is 12.2. The van der Waals surface area contributed by atoms with Crippen LogP contribution in [0.25, 0.3) is 5.69 Å². The van der Waals surface area contributed by atoms with E-state index in [9.17, 15) is 0 Å². The summed E-state index contributed by atoms with van der Waals surface area (Å²) in [5, 5.41) is 3.17. The van der Waals surface area contributed by atoms with Gasteiger partial charge in [0, 0.05) is 23.9 Å². The summed E-state index contributed by atoms with van der Waals surface area (Å²) in [6, 6.07) is 5.87. The highest BCUT2D eigenvalue weighted by molar-refractivity contribution is 5.79. The minimum absolute atomic E-state index is 0.583. The number of ether oxygens (including phenoxy) is 3. The van der Waals surface area contributed by atoms with Gasteiger partial charge in [0.05, 0.1) is 39.9 Å². The minimum Gasteiger partial charge on any atom is -0.493 e.